The minimum absolute atomic E-state index is 0.122. The number of aromatic nitrogens is 1. The van der Waals surface area contributed by atoms with E-state index in [1.54, 1.807) is 6.20 Å². The number of aryl methyl sites for hydroxylation is 1. The van der Waals surface area contributed by atoms with Gasteiger partial charge in [0.1, 0.15) is 0 Å². The molecule has 0 bridgehead atoms. The molecule has 112 valence electrons. The summed E-state index contributed by atoms with van der Waals surface area (Å²) in [6.45, 7) is 9.79. The molecule has 1 aromatic heterocycles. The zero-order valence-electron chi connectivity index (χ0n) is 12.8. The maximum Gasteiger partial charge on any atom is 0.255 e. The molecule has 0 saturated carbocycles. The van der Waals surface area contributed by atoms with Crippen LogP contribution >= 0.6 is 0 Å². The quantitative estimate of drug-likeness (QED) is 0.717. The van der Waals surface area contributed by atoms with Gasteiger partial charge in [-0.15, -0.1) is 0 Å². The molecule has 1 heterocycles. The van der Waals surface area contributed by atoms with Crippen LogP contribution in [0.5, 0.6) is 0 Å². The molecular weight excluding hydrogens is 254 g/mol. The average molecular weight is 279 g/mol. The molecule has 0 spiro atoms. The summed E-state index contributed by atoms with van der Waals surface area (Å²) in [5.41, 5.74) is 2.30. The molecule has 0 fully saturated rings. The van der Waals surface area contributed by atoms with E-state index in [1.165, 1.54) is 0 Å². The third-order valence-corrected chi connectivity index (χ3v) is 2.69. The number of amides is 1. The van der Waals surface area contributed by atoms with Gasteiger partial charge in [-0.1, -0.05) is 6.92 Å². The molecule has 0 aliphatic carbocycles. The lowest BCUT2D eigenvalue weighted by atomic mass is 10.2. The molecule has 0 radical (unpaired) electrons. The van der Waals surface area contributed by atoms with Crippen molar-refractivity contribution < 1.29 is 9.53 Å². The Bertz CT molecular complexity index is 433. The van der Waals surface area contributed by atoms with E-state index in [0.717, 1.165) is 24.3 Å². The van der Waals surface area contributed by atoms with Crippen LogP contribution in [0.2, 0.25) is 0 Å². The number of pyridine rings is 1. The predicted octanol–water partition coefficient (Wildman–Crippen LogP) is 2.37. The van der Waals surface area contributed by atoms with E-state index < -0.39 is 0 Å². The first kappa shape index (κ1) is 16.4. The van der Waals surface area contributed by atoms with Crippen LogP contribution < -0.4 is 10.6 Å². The zero-order chi connectivity index (χ0) is 15.0. The highest BCUT2D eigenvalue weighted by Crippen LogP contribution is 2.15. The summed E-state index contributed by atoms with van der Waals surface area (Å²) in [6, 6.07) is 1.90. The first-order chi connectivity index (χ1) is 9.54. The third kappa shape index (κ3) is 5.57. The second kappa shape index (κ2) is 8.53. The normalized spacial score (nSPS) is 10.7. The number of nitrogens with one attached hydrogen (secondary N) is 2. The van der Waals surface area contributed by atoms with E-state index >= 15 is 0 Å². The smallest absolute Gasteiger partial charge is 0.255 e. The minimum Gasteiger partial charge on any atom is -0.384 e. The van der Waals surface area contributed by atoms with Crippen LogP contribution in [0, 0.1) is 6.92 Å². The number of anilines is 1. The molecule has 20 heavy (non-hydrogen) atoms. The van der Waals surface area contributed by atoms with E-state index in [-0.39, 0.29) is 12.0 Å². The van der Waals surface area contributed by atoms with Crippen LogP contribution in [0.1, 0.15) is 43.2 Å². The van der Waals surface area contributed by atoms with Crippen molar-refractivity contribution in [2.24, 2.45) is 0 Å². The van der Waals surface area contributed by atoms with Crippen molar-refractivity contribution in [2.75, 3.05) is 25.0 Å². The van der Waals surface area contributed by atoms with Gasteiger partial charge in [0.05, 0.1) is 24.0 Å². The largest absolute Gasteiger partial charge is 0.384 e. The van der Waals surface area contributed by atoms with Gasteiger partial charge in [-0.2, -0.15) is 0 Å². The molecule has 5 nitrogen and oxygen atoms in total. The van der Waals surface area contributed by atoms with Crippen molar-refractivity contribution in [3.05, 3.63) is 23.5 Å². The second-order valence-corrected chi connectivity index (χ2v) is 4.97. The molecular formula is C15H25N3O2. The van der Waals surface area contributed by atoms with E-state index in [2.05, 4.69) is 22.5 Å². The summed E-state index contributed by atoms with van der Waals surface area (Å²) in [7, 11) is 0. The van der Waals surface area contributed by atoms with Gasteiger partial charge in [0.2, 0.25) is 0 Å². The first-order valence-electron chi connectivity index (χ1n) is 7.15. The number of carbonyl (C=O) groups is 1. The molecule has 0 unspecified atom stereocenters. The van der Waals surface area contributed by atoms with Crippen molar-refractivity contribution in [3.8, 4) is 0 Å². The number of ether oxygens (including phenoxy) is 1. The number of carbonyl (C=O) groups excluding carboxylic acids is 1. The Balaban J connectivity index is 2.61. The highest BCUT2D eigenvalue weighted by Gasteiger charge is 2.11. The van der Waals surface area contributed by atoms with E-state index in [1.807, 2.05) is 26.8 Å². The van der Waals surface area contributed by atoms with Crippen LogP contribution in [0.4, 0.5) is 5.69 Å². The van der Waals surface area contributed by atoms with Gasteiger partial charge in [-0.25, -0.2) is 0 Å². The molecule has 5 heteroatoms. The minimum atomic E-state index is -0.122. The number of hydrogen-bond acceptors (Lipinski definition) is 4. The summed E-state index contributed by atoms with van der Waals surface area (Å²) in [6.07, 6.45) is 2.80. The fourth-order valence-electron chi connectivity index (χ4n) is 1.70. The van der Waals surface area contributed by atoms with Gasteiger partial charge in [-0.05, 0) is 33.3 Å². The van der Waals surface area contributed by atoms with Gasteiger partial charge in [0.25, 0.3) is 5.91 Å². The Morgan fingerprint density at radius 3 is 2.80 bits per heavy atom. The standard InChI is InChI=1S/C15H25N3O2/c1-5-6-16-14-9-12(4)18-10-13(14)15(19)17-7-8-20-11(2)3/h9-11H,5-8H2,1-4H3,(H,16,18)(H,17,19). The molecule has 0 aliphatic heterocycles. The Morgan fingerprint density at radius 1 is 1.40 bits per heavy atom. The van der Waals surface area contributed by atoms with E-state index in [9.17, 15) is 4.79 Å². The lowest BCUT2D eigenvalue weighted by Crippen LogP contribution is -2.29. The van der Waals surface area contributed by atoms with Crippen LogP contribution in [0.3, 0.4) is 0 Å². The van der Waals surface area contributed by atoms with Crippen LogP contribution in [0.15, 0.2) is 12.3 Å². The number of nitrogens with zero attached hydrogens (tertiary/aromatic N) is 1. The summed E-state index contributed by atoms with van der Waals surface area (Å²) >= 11 is 0. The molecule has 0 aromatic carbocycles. The summed E-state index contributed by atoms with van der Waals surface area (Å²) < 4.78 is 5.40. The number of rotatable bonds is 8. The average Bonchev–Trinajstić information content (AvgIpc) is 2.41. The highest BCUT2D eigenvalue weighted by atomic mass is 16.5. The molecule has 1 amide bonds. The fraction of sp³-hybridized carbons (Fsp3) is 0.600. The molecule has 1 aromatic rings. The SMILES string of the molecule is CCCNc1cc(C)ncc1C(=O)NCCOC(C)C. The van der Waals surface area contributed by atoms with E-state index in [4.69, 9.17) is 4.74 Å². The summed E-state index contributed by atoms with van der Waals surface area (Å²) in [5.74, 6) is -0.122. The Labute approximate surface area is 121 Å². The Hall–Kier alpha value is -1.62. The van der Waals surface area contributed by atoms with Crippen molar-refractivity contribution in [2.45, 2.75) is 40.2 Å². The van der Waals surface area contributed by atoms with Gasteiger partial charge in [0, 0.05) is 25.0 Å². The second-order valence-electron chi connectivity index (χ2n) is 4.97. The van der Waals surface area contributed by atoms with Crippen LogP contribution in [-0.2, 0) is 4.74 Å². The monoisotopic (exact) mass is 279 g/mol. The van der Waals surface area contributed by atoms with Crippen LogP contribution in [0.25, 0.3) is 0 Å². The number of hydrogen-bond donors (Lipinski definition) is 2. The maximum atomic E-state index is 12.1. The van der Waals surface area contributed by atoms with E-state index in [0.29, 0.717) is 18.7 Å². The van der Waals surface area contributed by atoms with Crippen molar-refractivity contribution >= 4 is 11.6 Å². The molecule has 0 saturated heterocycles. The lowest BCUT2D eigenvalue weighted by molar-refractivity contribution is 0.0747. The third-order valence-electron chi connectivity index (χ3n) is 2.69. The first-order valence-corrected chi connectivity index (χ1v) is 7.15. The predicted molar refractivity (Wildman–Crippen MR) is 81.2 cm³/mol. The topological polar surface area (TPSA) is 63.2 Å². The van der Waals surface area contributed by atoms with Crippen molar-refractivity contribution in [1.82, 2.24) is 10.3 Å². The summed E-state index contributed by atoms with van der Waals surface area (Å²) in [5, 5.41) is 6.11. The fourth-order valence-corrected chi connectivity index (χ4v) is 1.70. The maximum absolute atomic E-state index is 12.1. The zero-order valence-corrected chi connectivity index (χ0v) is 12.8. The molecule has 1 rings (SSSR count). The molecule has 2 N–H and O–H groups in total. The highest BCUT2D eigenvalue weighted by molar-refractivity contribution is 5.99. The van der Waals surface area contributed by atoms with Crippen molar-refractivity contribution in [1.29, 1.82) is 0 Å². The Morgan fingerprint density at radius 2 is 2.15 bits per heavy atom. The van der Waals surface area contributed by atoms with Gasteiger partial charge in [0.15, 0.2) is 0 Å². The van der Waals surface area contributed by atoms with Gasteiger partial charge in [-0.3, -0.25) is 9.78 Å². The summed E-state index contributed by atoms with van der Waals surface area (Å²) in [4.78, 5) is 16.3. The van der Waals surface area contributed by atoms with Gasteiger partial charge < -0.3 is 15.4 Å². The molecule has 0 aliphatic rings. The van der Waals surface area contributed by atoms with Crippen LogP contribution in [-0.4, -0.2) is 36.7 Å². The molecule has 0 atom stereocenters. The van der Waals surface area contributed by atoms with Gasteiger partial charge >= 0.3 is 0 Å². The van der Waals surface area contributed by atoms with Crippen molar-refractivity contribution in [3.63, 3.8) is 0 Å². The lowest BCUT2D eigenvalue weighted by Gasteiger charge is -2.13. The Kier molecular flexibility index (Phi) is 7.01.